The van der Waals surface area contributed by atoms with Crippen LogP contribution in [0, 0.1) is 39.9 Å². The van der Waals surface area contributed by atoms with E-state index in [1.165, 1.54) is 0 Å². The number of nitriles is 2. The largest absolute Gasteiger partial charge is 0.417 e. The zero-order chi connectivity index (χ0) is 19.5. The van der Waals surface area contributed by atoms with Crippen LogP contribution in [-0.4, -0.2) is 32.2 Å². The second-order valence-electron chi connectivity index (χ2n) is 9.74. The van der Waals surface area contributed by atoms with E-state index >= 15 is 0 Å². The Balaban J connectivity index is 0. The summed E-state index contributed by atoms with van der Waals surface area (Å²) in [7, 11) is -1.63. The molecule has 0 heterocycles. The third-order valence-electron chi connectivity index (χ3n) is 6.02. The lowest BCUT2D eigenvalue weighted by Gasteiger charge is -2.43. The van der Waals surface area contributed by atoms with Gasteiger partial charge in [0.2, 0.25) is 0 Å². The van der Waals surface area contributed by atoms with Crippen molar-refractivity contribution in [2.24, 2.45) is 23.0 Å². The highest BCUT2D eigenvalue weighted by Gasteiger charge is 2.44. The maximum Gasteiger partial charge on any atom is 0.191 e. The lowest BCUT2D eigenvalue weighted by atomic mass is 9.64. The number of aliphatic hydroxyl groups is 1. The van der Waals surface area contributed by atoms with E-state index in [0.29, 0.717) is 11.8 Å². The molecule has 2 aliphatic rings. The molecule has 0 atom stereocenters. The highest BCUT2D eigenvalue weighted by Crippen LogP contribution is 2.44. The Labute approximate surface area is 169 Å². The van der Waals surface area contributed by atoms with Crippen LogP contribution in [0.25, 0.3) is 0 Å². The predicted molar refractivity (Wildman–Crippen MR) is 115 cm³/mol. The van der Waals surface area contributed by atoms with Gasteiger partial charge >= 0.3 is 0 Å². The van der Waals surface area contributed by atoms with Gasteiger partial charge < -0.3 is 15.3 Å². The molecule has 0 bridgehead atoms. The van der Waals surface area contributed by atoms with Crippen molar-refractivity contribution in [3.63, 3.8) is 0 Å². The molecule has 0 amide bonds. The summed E-state index contributed by atoms with van der Waals surface area (Å²) in [5.41, 5.74) is 5.13. The zero-order valence-electron chi connectivity index (χ0n) is 16.7. The average Bonchev–Trinajstić information content (AvgIpc) is 2.46. The minimum absolute atomic E-state index is 0. The van der Waals surface area contributed by atoms with Gasteiger partial charge in [-0.2, -0.15) is 10.5 Å². The maximum absolute atomic E-state index is 8.81. The van der Waals surface area contributed by atoms with Crippen molar-refractivity contribution in [1.29, 1.82) is 10.5 Å². The Hall–Kier alpha value is -0.923. The van der Waals surface area contributed by atoms with Crippen LogP contribution in [0.4, 0.5) is 0 Å². The van der Waals surface area contributed by atoms with Crippen LogP contribution in [-0.2, 0) is 4.43 Å². The van der Waals surface area contributed by atoms with Crippen molar-refractivity contribution in [3.05, 3.63) is 0 Å². The summed E-state index contributed by atoms with van der Waals surface area (Å²) in [5.74, 6) is 0.883. The molecule has 0 aromatic rings. The van der Waals surface area contributed by atoms with Crippen molar-refractivity contribution in [2.45, 2.75) is 91.9 Å². The SMILES string of the molecule is C.C.CC(C)(C)[Si](C)(C)OCC1CC(N)(C#N)C1.CC1(C#N)CC(CO)C1. The average molecular weight is 398 g/mol. The molecule has 0 radical (unpaired) electrons. The number of hydrogen-bond acceptors (Lipinski definition) is 5. The van der Waals surface area contributed by atoms with E-state index in [4.69, 9.17) is 25.8 Å². The van der Waals surface area contributed by atoms with Crippen LogP contribution in [0.2, 0.25) is 18.1 Å². The number of aliphatic hydroxyl groups excluding tert-OH is 1. The smallest absolute Gasteiger partial charge is 0.191 e. The molecule has 158 valence electrons. The fraction of sp³-hybridized carbons (Fsp3) is 0.905. The summed E-state index contributed by atoms with van der Waals surface area (Å²) >= 11 is 0. The van der Waals surface area contributed by atoms with Crippen molar-refractivity contribution < 1.29 is 9.53 Å². The topological polar surface area (TPSA) is 103 Å². The van der Waals surface area contributed by atoms with Gasteiger partial charge in [-0.05, 0) is 62.6 Å². The standard InChI is InChI=1S/C12H24N2OSi.C7H11NO.2CH4/c1-11(2,3)16(4,5)15-8-10-6-12(14,7-10)9-13;1-7(5-8)2-6(3-7)4-9;;/h10H,6-8,14H2,1-5H3;6,9H,2-4H2,1H3;2*1H4. The molecule has 0 saturated heterocycles. The number of nitrogens with two attached hydrogens (primary N) is 1. The summed E-state index contributed by atoms with van der Waals surface area (Å²) in [6.45, 7) is 14.2. The molecule has 0 aromatic carbocycles. The van der Waals surface area contributed by atoms with Gasteiger partial charge in [0.15, 0.2) is 8.32 Å². The van der Waals surface area contributed by atoms with E-state index in [2.05, 4.69) is 46.0 Å². The molecule has 2 saturated carbocycles. The first kappa shape index (κ1) is 28.3. The normalized spacial score (nSPS) is 31.9. The highest BCUT2D eigenvalue weighted by atomic mass is 28.4. The van der Waals surface area contributed by atoms with Gasteiger partial charge in [-0.3, -0.25) is 0 Å². The lowest BCUT2D eigenvalue weighted by molar-refractivity contribution is 0.0735. The van der Waals surface area contributed by atoms with Gasteiger partial charge in [0.25, 0.3) is 0 Å². The van der Waals surface area contributed by atoms with Gasteiger partial charge in [-0.15, -0.1) is 0 Å². The van der Waals surface area contributed by atoms with E-state index in [-0.39, 0.29) is 31.9 Å². The lowest BCUT2D eigenvalue weighted by Crippen LogP contribution is -2.53. The van der Waals surface area contributed by atoms with Crippen LogP contribution in [0.15, 0.2) is 0 Å². The number of hydrogen-bond donors (Lipinski definition) is 2. The summed E-state index contributed by atoms with van der Waals surface area (Å²) in [5, 5.41) is 26.2. The minimum Gasteiger partial charge on any atom is -0.417 e. The van der Waals surface area contributed by atoms with Crippen molar-refractivity contribution in [2.75, 3.05) is 13.2 Å². The second-order valence-corrected chi connectivity index (χ2v) is 14.6. The summed E-state index contributed by atoms with van der Waals surface area (Å²) in [6, 6.07) is 4.40. The van der Waals surface area contributed by atoms with Crippen LogP contribution < -0.4 is 5.73 Å². The van der Waals surface area contributed by atoms with E-state index in [9.17, 15) is 0 Å². The van der Waals surface area contributed by atoms with Crippen LogP contribution >= 0.6 is 0 Å². The Morgan fingerprint density at radius 2 is 1.56 bits per heavy atom. The Bertz CT molecular complexity index is 531. The second kappa shape index (κ2) is 10.0. The van der Waals surface area contributed by atoms with Gasteiger partial charge in [0, 0.05) is 13.2 Å². The zero-order valence-corrected chi connectivity index (χ0v) is 17.7. The molecule has 2 aliphatic carbocycles. The van der Waals surface area contributed by atoms with Crippen molar-refractivity contribution >= 4 is 8.32 Å². The van der Waals surface area contributed by atoms with E-state index in [1.54, 1.807) is 0 Å². The van der Waals surface area contributed by atoms with Crippen molar-refractivity contribution in [3.8, 4) is 12.1 Å². The van der Waals surface area contributed by atoms with Crippen LogP contribution in [0.3, 0.4) is 0 Å². The van der Waals surface area contributed by atoms with E-state index < -0.39 is 13.9 Å². The third-order valence-corrected chi connectivity index (χ3v) is 10.5. The number of rotatable bonds is 4. The molecule has 0 aromatic heterocycles. The quantitative estimate of drug-likeness (QED) is 0.661. The van der Waals surface area contributed by atoms with Gasteiger partial charge in [-0.25, -0.2) is 0 Å². The molecule has 2 fully saturated rings. The summed E-state index contributed by atoms with van der Waals surface area (Å²) in [6.07, 6.45) is 3.33. The number of nitrogens with zero attached hydrogens (tertiary/aromatic N) is 2. The molecule has 6 heteroatoms. The molecular formula is C21H43N3O2Si. The fourth-order valence-electron chi connectivity index (χ4n) is 3.16. The Morgan fingerprint density at radius 1 is 1.07 bits per heavy atom. The monoisotopic (exact) mass is 397 g/mol. The van der Waals surface area contributed by atoms with Gasteiger partial charge in [0.05, 0.1) is 17.6 Å². The Morgan fingerprint density at radius 3 is 1.89 bits per heavy atom. The molecule has 5 nitrogen and oxygen atoms in total. The molecule has 2 rings (SSSR count). The molecule has 27 heavy (non-hydrogen) atoms. The van der Waals surface area contributed by atoms with Crippen LogP contribution in [0.5, 0.6) is 0 Å². The predicted octanol–water partition coefficient (Wildman–Crippen LogP) is 4.83. The molecule has 0 spiro atoms. The minimum atomic E-state index is -1.63. The first-order valence-electron chi connectivity index (χ1n) is 9.16. The van der Waals surface area contributed by atoms with Crippen LogP contribution in [0.1, 0.15) is 68.2 Å². The Kier molecular flexibility index (Phi) is 10.5. The van der Waals surface area contributed by atoms with Gasteiger partial charge in [-0.1, -0.05) is 35.6 Å². The molecule has 3 N–H and O–H groups in total. The summed E-state index contributed by atoms with van der Waals surface area (Å²) in [4.78, 5) is 0. The molecule has 0 aliphatic heterocycles. The highest BCUT2D eigenvalue weighted by molar-refractivity contribution is 6.74. The third kappa shape index (κ3) is 7.54. The fourth-order valence-corrected chi connectivity index (χ4v) is 4.24. The summed E-state index contributed by atoms with van der Waals surface area (Å²) < 4.78 is 6.11. The first-order valence-corrected chi connectivity index (χ1v) is 12.1. The maximum atomic E-state index is 8.81. The first-order chi connectivity index (χ1) is 11.3. The van der Waals surface area contributed by atoms with E-state index in [1.807, 2.05) is 6.92 Å². The molecule has 0 unspecified atom stereocenters. The van der Waals surface area contributed by atoms with Crippen molar-refractivity contribution in [1.82, 2.24) is 0 Å². The molecular weight excluding hydrogens is 354 g/mol. The van der Waals surface area contributed by atoms with Gasteiger partial charge in [0.1, 0.15) is 5.54 Å². The van der Waals surface area contributed by atoms with E-state index in [0.717, 1.165) is 32.3 Å².